The Bertz CT molecular complexity index is 686. The summed E-state index contributed by atoms with van der Waals surface area (Å²) in [4.78, 5) is 15.6. The quantitative estimate of drug-likeness (QED) is 0.805. The molecule has 1 fully saturated rings. The summed E-state index contributed by atoms with van der Waals surface area (Å²) in [5.74, 6) is 1.54. The number of carbonyl (C=O) groups excluding carboxylic acids is 1. The van der Waals surface area contributed by atoms with E-state index in [0.717, 1.165) is 21.9 Å². The van der Waals surface area contributed by atoms with Crippen LogP contribution in [0.3, 0.4) is 0 Å². The van der Waals surface area contributed by atoms with Crippen molar-refractivity contribution in [2.45, 2.75) is 30.6 Å². The van der Waals surface area contributed by atoms with Crippen LogP contribution in [0.1, 0.15) is 28.7 Å². The summed E-state index contributed by atoms with van der Waals surface area (Å²) in [5, 5.41) is 3.89. The van der Waals surface area contributed by atoms with Crippen LogP contribution in [0.4, 0.5) is 0 Å². The zero-order valence-corrected chi connectivity index (χ0v) is 14.1. The number of nitrogens with zero attached hydrogens (tertiary/aromatic N) is 2. The van der Waals surface area contributed by atoms with Crippen LogP contribution in [0.2, 0.25) is 0 Å². The van der Waals surface area contributed by atoms with E-state index in [-0.39, 0.29) is 12.0 Å². The Kier molecular flexibility index (Phi) is 5.03. The molecule has 3 rings (SSSR count). The first-order valence-electron chi connectivity index (χ1n) is 7.68. The van der Waals surface area contributed by atoms with E-state index in [1.807, 2.05) is 49.1 Å². The van der Waals surface area contributed by atoms with Crippen LogP contribution in [-0.4, -0.2) is 41.8 Å². The highest BCUT2D eigenvalue weighted by atomic mass is 32.2. The number of hydrogen-bond acceptors (Lipinski definition) is 5. The number of morpholine rings is 1. The van der Waals surface area contributed by atoms with Gasteiger partial charge >= 0.3 is 0 Å². The molecule has 6 heteroatoms. The topological polar surface area (TPSA) is 55.6 Å². The third-order valence-electron chi connectivity index (χ3n) is 3.69. The standard InChI is InChI=1S/C17H20N2O3S/c1-12-9-14(22-18-12)11-23-16-6-4-3-5-15(16)17(20)19-7-8-21-13(2)10-19/h3-6,9,13H,7-8,10-11H2,1-2H3. The van der Waals surface area contributed by atoms with Gasteiger partial charge in [-0.15, -0.1) is 11.8 Å². The number of benzene rings is 1. The van der Waals surface area contributed by atoms with Crippen LogP contribution in [0.15, 0.2) is 39.8 Å². The van der Waals surface area contributed by atoms with Gasteiger partial charge in [0.1, 0.15) is 5.76 Å². The number of aromatic nitrogens is 1. The minimum absolute atomic E-state index is 0.0667. The summed E-state index contributed by atoms with van der Waals surface area (Å²) in [6.07, 6.45) is 0.0877. The Hall–Kier alpha value is -1.79. The molecule has 0 bridgehead atoms. The Labute approximate surface area is 140 Å². The molecular weight excluding hydrogens is 312 g/mol. The monoisotopic (exact) mass is 332 g/mol. The van der Waals surface area contributed by atoms with Crippen LogP contribution in [-0.2, 0) is 10.5 Å². The molecule has 1 atom stereocenters. The van der Waals surface area contributed by atoms with Crippen molar-refractivity contribution in [3.05, 3.63) is 47.3 Å². The van der Waals surface area contributed by atoms with Gasteiger partial charge in [-0.05, 0) is 26.0 Å². The van der Waals surface area contributed by atoms with Gasteiger partial charge in [-0.1, -0.05) is 17.3 Å². The van der Waals surface area contributed by atoms with E-state index in [4.69, 9.17) is 9.26 Å². The van der Waals surface area contributed by atoms with E-state index in [1.165, 1.54) is 0 Å². The van der Waals surface area contributed by atoms with Gasteiger partial charge in [0.05, 0.1) is 29.7 Å². The smallest absolute Gasteiger partial charge is 0.255 e. The van der Waals surface area contributed by atoms with Crippen LogP contribution in [0.25, 0.3) is 0 Å². The molecule has 2 aromatic rings. The average Bonchev–Trinajstić information content (AvgIpc) is 2.98. The number of ether oxygens (including phenoxy) is 1. The Morgan fingerprint density at radius 3 is 3.00 bits per heavy atom. The zero-order valence-electron chi connectivity index (χ0n) is 13.3. The fourth-order valence-corrected chi connectivity index (χ4v) is 3.50. The Morgan fingerprint density at radius 2 is 2.26 bits per heavy atom. The van der Waals surface area contributed by atoms with Crippen LogP contribution >= 0.6 is 11.8 Å². The van der Waals surface area contributed by atoms with E-state index in [0.29, 0.717) is 25.4 Å². The number of carbonyl (C=O) groups is 1. The Balaban J connectivity index is 1.73. The molecule has 0 aliphatic carbocycles. The first-order chi connectivity index (χ1) is 11.1. The van der Waals surface area contributed by atoms with E-state index in [9.17, 15) is 4.79 Å². The van der Waals surface area contributed by atoms with Gasteiger partial charge in [0.25, 0.3) is 5.91 Å². The van der Waals surface area contributed by atoms with Gasteiger partial charge in [0.2, 0.25) is 0 Å². The molecule has 1 aliphatic rings. The maximum absolute atomic E-state index is 12.8. The van der Waals surface area contributed by atoms with Crippen molar-refractivity contribution in [3.63, 3.8) is 0 Å². The predicted octanol–water partition coefficient (Wildman–Crippen LogP) is 3.14. The maximum Gasteiger partial charge on any atom is 0.255 e. The lowest BCUT2D eigenvalue weighted by molar-refractivity contribution is -0.0125. The molecular formula is C17H20N2O3S. The highest BCUT2D eigenvalue weighted by Gasteiger charge is 2.24. The maximum atomic E-state index is 12.8. The Morgan fingerprint density at radius 1 is 1.43 bits per heavy atom. The van der Waals surface area contributed by atoms with Gasteiger partial charge in [0, 0.05) is 24.1 Å². The summed E-state index contributed by atoms with van der Waals surface area (Å²) >= 11 is 1.59. The number of hydrogen-bond donors (Lipinski definition) is 0. The van der Waals surface area contributed by atoms with Gasteiger partial charge in [0.15, 0.2) is 0 Å². The second-order valence-corrected chi connectivity index (χ2v) is 6.67. The second kappa shape index (κ2) is 7.19. The van der Waals surface area contributed by atoms with Crippen molar-refractivity contribution in [3.8, 4) is 0 Å². The van der Waals surface area contributed by atoms with Crippen LogP contribution < -0.4 is 0 Å². The molecule has 0 saturated carbocycles. The lowest BCUT2D eigenvalue weighted by atomic mass is 10.2. The summed E-state index contributed by atoms with van der Waals surface area (Å²) in [6, 6.07) is 9.63. The minimum atomic E-state index is 0.0667. The van der Waals surface area contributed by atoms with Crippen LogP contribution in [0, 0.1) is 6.92 Å². The summed E-state index contributed by atoms with van der Waals surface area (Å²) < 4.78 is 10.7. The molecule has 122 valence electrons. The molecule has 1 aromatic carbocycles. The van der Waals surface area contributed by atoms with Crippen molar-refractivity contribution in [1.29, 1.82) is 0 Å². The SMILES string of the molecule is Cc1cc(CSc2ccccc2C(=O)N2CCOC(C)C2)on1. The molecule has 1 saturated heterocycles. The molecule has 0 spiro atoms. The fourth-order valence-electron chi connectivity index (χ4n) is 2.58. The van der Waals surface area contributed by atoms with E-state index in [1.54, 1.807) is 11.8 Å². The lowest BCUT2D eigenvalue weighted by Crippen LogP contribution is -2.44. The molecule has 1 unspecified atom stereocenters. The first-order valence-corrected chi connectivity index (χ1v) is 8.67. The van der Waals surface area contributed by atoms with Crippen molar-refractivity contribution < 1.29 is 14.1 Å². The van der Waals surface area contributed by atoms with Crippen molar-refractivity contribution >= 4 is 17.7 Å². The second-order valence-electron chi connectivity index (χ2n) is 5.65. The summed E-state index contributed by atoms with van der Waals surface area (Å²) in [5.41, 5.74) is 1.61. The first kappa shape index (κ1) is 16.1. The molecule has 2 heterocycles. The van der Waals surface area contributed by atoms with Gasteiger partial charge in [-0.2, -0.15) is 0 Å². The van der Waals surface area contributed by atoms with Crippen LogP contribution in [0.5, 0.6) is 0 Å². The predicted molar refractivity (Wildman–Crippen MR) is 88.6 cm³/mol. The number of thioether (sulfide) groups is 1. The van der Waals surface area contributed by atoms with Crippen molar-refractivity contribution in [2.75, 3.05) is 19.7 Å². The molecule has 1 aromatic heterocycles. The largest absolute Gasteiger partial charge is 0.375 e. The average molecular weight is 332 g/mol. The van der Waals surface area contributed by atoms with E-state index >= 15 is 0 Å². The van der Waals surface area contributed by atoms with Gasteiger partial charge in [-0.3, -0.25) is 4.79 Å². The van der Waals surface area contributed by atoms with Gasteiger partial charge < -0.3 is 14.2 Å². The highest BCUT2D eigenvalue weighted by Crippen LogP contribution is 2.27. The van der Waals surface area contributed by atoms with Crippen molar-refractivity contribution in [2.24, 2.45) is 0 Å². The number of amides is 1. The number of rotatable bonds is 4. The third-order valence-corrected chi connectivity index (χ3v) is 4.79. The summed E-state index contributed by atoms with van der Waals surface area (Å²) in [7, 11) is 0. The summed E-state index contributed by atoms with van der Waals surface area (Å²) in [6.45, 7) is 5.77. The molecule has 0 radical (unpaired) electrons. The molecule has 5 nitrogen and oxygen atoms in total. The third kappa shape index (κ3) is 3.95. The van der Waals surface area contributed by atoms with E-state index in [2.05, 4.69) is 5.16 Å². The number of aryl methyl sites for hydroxylation is 1. The van der Waals surface area contributed by atoms with Crippen molar-refractivity contribution in [1.82, 2.24) is 10.1 Å². The zero-order chi connectivity index (χ0) is 16.2. The molecule has 23 heavy (non-hydrogen) atoms. The minimum Gasteiger partial charge on any atom is -0.375 e. The molecule has 0 N–H and O–H groups in total. The molecule has 1 amide bonds. The fraction of sp³-hybridized carbons (Fsp3) is 0.412. The highest BCUT2D eigenvalue weighted by molar-refractivity contribution is 7.98. The lowest BCUT2D eigenvalue weighted by Gasteiger charge is -2.31. The normalized spacial score (nSPS) is 18.2. The molecule has 1 aliphatic heterocycles. The van der Waals surface area contributed by atoms with Gasteiger partial charge in [-0.25, -0.2) is 0 Å². The van der Waals surface area contributed by atoms with E-state index < -0.39 is 0 Å².